The summed E-state index contributed by atoms with van der Waals surface area (Å²) in [4.78, 5) is 69.5. The minimum absolute atomic E-state index is 0.114. The van der Waals surface area contributed by atoms with Crippen LogP contribution >= 0.6 is 33.9 Å². The fourth-order valence-corrected chi connectivity index (χ4v) is 5.18. The molecule has 0 fully saturated rings. The van der Waals surface area contributed by atoms with Gasteiger partial charge in [0.05, 0.1) is 37.0 Å². The molecule has 1 aromatic carbocycles. The molecule has 0 aliphatic heterocycles. The molecule has 43 heavy (non-hydrogen) atoms. The number of ketones is 1. The maximum Gasteiger partial charge on any atom is 0.320 e. The quantitative estimate of drug-likeness (QED) is 0.0967. The van der Waals surface area contributed by atoms with E-state index in [1.165, 1.54) is 38.7 Å². The fraction of sp³-hybridized carbons (Fsp3) is 0.500. The third-order valence-corrected chi connectivity index (χ3v) is 8.61. The number of carbonyl (C=O) groups excluding carboxylic acids is 5. The van der Waals surface area contributed by atoms with Gasteiger partial charge in [-0.2, -0.15) is 0 Å². The second-order valence-electron chi connectivity index (χ2n) is 9.73. The van der Waals surface area contributed by atoms with Gasteiger partial charge in [0, 0.05) is 18.6 Å². The van der Waals surface area contributed by atoms with E-state index in [0.717, 1.165) is 5.56 Å². The highest BCUT2D eigenvalue weighted by atomic mass is 127. The molecule has 0 saturated heterocycles. The van der Waals surface area contributed by atoms with E-state index in [0.29, 0.717) is 16.3 Å². The summed E-state index contributed by atoms with van der Waals surface area (Å²) >= 11 is 3.10. The number of halogens is 1. The Morgan fingerprint density at radius 3 is 2.07 bits per heavy atom. The lowest BCUT2D eigenvalue weighted by Crippen LogP contribution is -2.60. The molecule has 1 aromatic heterocycles. The van der Waals surface area contributed by atoms with E-state index in [2.05, 4.69) is 20.9 Å². The largest absolute Gasteiger partial charge is 0.449 e. The van der Waals surface area contributed by atoms with Crippen molar-refractivity contribution in [2.45, 2.75) is 50.4 Å². The van der Waals surface area contributed by atoms with Gasteiger partial charge in [0.2, 0.25) is 11.8 Å². The molecule has 0 aliphatic carbocycles. The molecule has 5 N–H and O–H groups in total. The number of nitrogens with one attached hydrogen (secondary N) is 3. The molecular weight excluding hydrogens is 693 g/mol. The molecule has 15 heteroatoms. The molecule has 4 atom stereocenters. The summed E-state index contributed by atoms with van der Waals surface area (Å²) < 4.78 is 15.8. The van der Waals surface area contributed by atoms with Gasteiger partial charge in [-0.25, -0.2) is 4.98 Å². The second-order valence-corrected chi connectivity index (χ2v) is 11.7. The van der Waals surface area contributed by atoms with E-state index in [9.17, 15) is 24.0 Å². The van der Waals surface area contributed by atoms with E-state index in [1.54, 1.807) is 6.92 Å². The van der Waals surface area contributed by atoms with E-state index < -0.39 is 59.7 Å². The number of rotatable bonds is 18. The van der Waals surface area contributed by atoms with Gasteiger partial charge in [0.1, 0.15) is 17.0 Å². The third-order valence-electron chi connectivity index (χ3n) is 6.25. The summed E-state index contributed by atoms with van der Waals surface area (Å²) in [6.07, 6.45) is 2.02. The summed E-state index contributed by atoms with van der Waals surface area (Å²) in [6, 6.07) is 5.91. The molecule has 2 rings (SSSR count). The number of aryl methyl sites for hydroxylation is 2. The smallest absolute Gasteiger partial charge is 0.320 e. The Morgan fingerprint density at radius 2 is 1.56 bits per heavy atom. The number of methoxy groups -OCH3 is 2. The highest BCUT2D eigenvalue weighted by Gasteiger charge is 2.41. The van der Waals surface area contributed by atoms with Crippen molar-refractivity contribution < 1.29 is 38.2 Å². The van der Waals surface area contributed by atoms with Crippen molar-refractivity contribution in [3.8, 4) is 0 Å². The molecule has 0 bridgehead atoms. The first-order chi connectivity index (χ1) is 20.5. The number of carbonyl (C=O) groups is 5. The van der Waals surface area contributed by atoms with E-state index in [4.69, 9.17) is 19.9 Å². The molecule has 0 radical (unpaired) electrons. The van der Waals surface area contributed by atoms with Crippen molar-refractivity contribution in [3.05, 3.63) is 52.0 Å². The molecule has 0 spiro atoms. The normalized spacial score (nSPS) is 14.5. The Hall–Kier alpha value is -2.99. The first-order valence-corrected chi connectivity index (χ1v) is 15.7. The first kappa shape index (κ1) is 36.2. The van der Waals surface area contributed by atoms with Crippen LogP contribution < -0.4 is 21.7 Å². The number of alkyl halides is 1. The number of aromatic nitrogens is 1. The Kier molecular flexibility index (Phi) is 15.1. The summed E-state index contributed by atoms with van der Waals surface area (Å²) in [6.45, 7) is 2.40. The summed E-state index contributed by atoms with van der Waals surface area (Å²) in [5.74, 6) is -3.21. The van der Waals surface area contributed by atoms with Crippen molar-refractivity contribution >= 4 is 63.4 Å². The van der Waals surface area contributed by atoms with Crippen molar-refractivity contribution in [1.82, 2.24) is 20.9 Å². The average molecular weight is 732 g/mol. The van der Waals surface area contributed by atoms with Crippen LogP contribution in [0.15, 0.2) is 36.5 Å². The monoisotopic (exact) mass is 731 g/mol. The van der Waals surface area contributed by atoms with E-state index in [1.807, 2.05) is 52.9 Å². The second kappa shape index (κ2) is 18.0. The highest BCUT2D eigenvalue weighted by molar-refractivity contribution is 14.1. The third kappa shape index (κ3) is 11.2. The Morgan fingerprint density at radius 1 is 0.977 bits per heavy atom. The molecule has 0 aliphatic rings. The summed E-state index contributed by atoms with van der Waals surface area (Å²) in [5, 5.41) is 8.57. The first-order valence-electron chi connectivity index (χ1n) is 13.4. The molecule has 236 valence electrons. The Bertz CT molecular complexity index is 1250. The number of Topliss-reactive ketones (excluding diaryl/α,β-unsaturated/α-hetero) is 1. The van der Waals surface area contributed by atoms with Gasteiger partial charge in [-0.15, -0.1) is 11.3 Å². The zero-order valence-electron chi connectivity index (χ0n) is 24.5. The van der Waals surface area contributed by atoms with Crippen LogP contribution in [0.2, 0.25) is 0 Å². The van der Waals surface area contributed by atoms with Gasteiger partial charge in [0.15, 0.2) is 11.4 Å². The molecule has 2 aromatic rings. The Labute approximate surface area is 268 Å². The van der Waals surface area contributed by atoms with E-state index in [-0.39, 0.29) is 24.1 Å². The predicted molar refractivity (Wildman–Crippen MR) is 168 cm³/mol. The molecule has 1 unspecified atom stereocenters. The van der Waals surface area contributed by atoms with Gasteiger partial charge in [-0.3, -0.25) is 24.0 Å². The summed E-state index contributed by atoms with van der Waals surface area (Å²) in [5.41, 5.74) is 4.78. The van der Waals surface area contributed by atoms with Gasteiger partial charge >= 0.3 is 5.97 Å². The number of hydrogen-bond acceptors (Lipinski definition) is 11. The van der Waals surface area contributed by atoms with Crippen LogP contribution in [0.5, 0.6) is 0 Å². The van der Waals surface area contributed by atoms with Crippen LogP contribution in [-0.2, 0) is 39.8 Å². The van der Waals surface area contributed by atoms with Crippen LogP contribution in [-0.4, -0.2) is 96.6 Å². The number of nitrogens with zero attached hydrogens (tertiary/aromatic N) is 1. The van der Waals surface area contributed by atoms with Crippen molar-refractivity contribution in [1.29, 1.82) is 0 Å². The number of ether oxygens (including phenoxy) is 3. The highest BCUT2D eigenvalue weighted by Crippen LogP contribution is 2.21. The van der Waals surface area contributed by atoms with Crippen LogP contribution in [0.25, 0.3) is 0 Å². The number of benzene rings is 1. The summed E-state index contributed by atoms with van der Waals surface area (Å²) in [7, 11) is 2.72. The van der Waals surface area contributed by atoms with Gasteiger partial charge in [-0.1, -0.05) is 52.9 Å². The predicted octanol–water partition coefficient (Wildman–Crippen LogP) is 0.710. The maximum absolute atomic E-state index is 13.7. The number of nitrogens with two attached hydrogens (primary N) is 1. The van der Waals surface area contributed by atoms with Crippen molar-refractivity contribution in [2.24, 2.45) is 5.73 Å². The van der Waals surface area contributed by atoms with E-state index >= 15 is 0 Å². The van der Waals surface area contributed by atoms with Gasteiger partial charge in [-0.05, 0) is 32.3 Å². The van der Waals surface area contributed by atoms with Crippen LogP contribution in [0.3, 0.4) is 0 Å². The molecule has 13 nitrogen and oxygen atoms in total. The Balaban J connectivity index is 2.25. The molecule has 3 amide bonds. The number of hydrogen-bond donors (Lipinski definition) is 4. The maximum atomic E-state index is 13.7. The molecular formula is C28H38IN5O8S. The SMILES string of the molecule is COC[C@H](NC(=O)c1cnc(C)s1)C(=O)N[C@@H](COC)C(=O)N[C@@H](CCc1ccccc1)C(=O)C(C)(CI)OC(=O)CN. The number of thiazole rings is 1. The minimum atomic E-state index is -1.56. The van der Waals surface area contributed by atoms with Crippen LogP contribution in [0.4, 0.5) is 0 Å². The molecule has 1 heterocycles. The number of amides is 3. The fourth-order valence-electron chi connectivity index (χ4n) is 3.97. The van der Waals surface area contributed by atoms with Gasteiger partial charge < -0.3 is 35.9 Å². The zero-order valence-corrected chi connectivity index (χ0v) is 27.5. The van der Waals surface area contributed by atoms with Crippen LogP contribution in [0, 0.1) is 6.92 Å². The lowest BCUT2D eigenvalue weighted by Gasteiger charge is -2.31. The topological polar surface area (TPSA) is 188 Å². The van der Waals surface area contributed by atoms with Crippen LogP contribution in [0.1, 0.15) is 33.6 Å². The van der Waals surface area contributed by atoms with Crippen molar-refractivity contribution in [3.63, 3.8) is 0 Å². The van der Waals surface area contributed by atoms with Crippen molar-refractivity contribution in [2.75, 3.05) is 38.4 Å². The average Bonchev–Trinajstić information content (AvgIpc) is 3.44. The lowest BCUT2D eigenvalue weighted by molar-refractivity contribution is -0.163. The zero-order chi connectivity index (χ0) is 32.0. The number of esters is 1. The molecule has 0 saturated carbocycles. The van der Waals surface area contributed by atoms with Gasteiger partial charge in [0.25, 0.3) is 5.91 Å². The minimum Gasteiger partial charge on any atom is -0.449 e. The lowest BCUT2D eigenvalue weighted by atomic mass is 9.92. The standard InChI is InChI=1S/C28H38IN5O8S/c1-17-31-13-22(43-17)27(39)34-21(15-41-4)26(38)33-20(14-40-3)25(37)32-19(11-10-18-8-6-5-7-9-18)24(36)28(2,16-29)42-23(35)12-30/h5-9,13,19-21H,10-12,14-16,30H2,1-4H3,(H,32,37)(H,33,38)(H,34,39)/t19-,20-,21-,28?/m0/s1.